The van der Waals surface area contributed by atoms with Crippen LogP contribution in [0.1, 0.15) is 21.5 Å². The van der Waals surface area contributed by atoms with E-state index in [9.17, 15) is 14.0 Å². The molecule has 0 radical (unpaired) electrons. The molecule has 1 N–H and O–H groups in total. The third-order valence-electron chi connectivity index (χ3n) is 4.13. The molecule has 1 aromatic heterocycles. The Morgan fingerprint density at radius 3 is 2.78 bits per heavy atom. The van der Waals surface area contributed by atoms with Gasteiger partial charge in [-0.2, -0.15) is 0 Å². The van der Waals surface area contributed by atoms with E-state index in [1.807, 2.05) is 12.1 Å². The van der Waals surface area contributed by atoms with Gasteiger partial charge < -0.3 is 9.73 Å². The number of hydrogen-bond donors (Lipinski definition) is 1. The molecule has 1 atom stereocenters. The van der Waals surface area contributed by atoms with E-state index >= 15 is 0 Å². The van der Waals surface area contributed by atoms with E-state index < -0.39 is 5.82 Å². The second kappa shape index (κ2) is 7.28. The maximum Gasteiger partial charge on any atom is 0.291 e. The van der Waals surface area contributed by atoms with Crippen LogP contribution in [0.2, 0.25) is 0 Å². The van der Waals surface area contributed by atoms with Gasteiger partial charge in [0.25, 0.3) is 5.91 Å². The van der Waals surface area contributed by atoms with Crippen LogP contribution in [-0.4, -0.2) is 17.6 Å². The van der Waals surface area contributed by atoms with E-state index in [-0.39, 0.29) is 22.9 Å². The minimum atomic E-state index is -0.393. The fourth-order valence-corrected chi connectivity index (χ4v) is 4.11. The third-order valence-corrected chi connectivity index (χ3v) is 5.34. The number of hydrogen-bond acceptors (Lipinski definition) is 4. The Hall–Kier alpha value is -3.06. The molecule has 7 heteroatoms. The maximum absolute atomic E-state index is 13.6. The first kappa shape index (κ1) is 17.4. The molecule has 0 aliphatic carbocycles. The molecule has 1 aliphatic rings. The SMILES string of the molecule is O=C(Nc1cccc(C2SCC(=O)N2c2cccc(F)c2)c1)c1ccco1. The van der Waals surface area contributed by atoms with Gasteiger partial charge in [-0.15, -0.1) is 11.8 Å². The van der Waals surface area contributed by atoms with Gasteiger partial charge in [-0.25, -0.2) is 4.39 Å². The molecule has 2 aromatic carbocycles. The van der Waals surface area contributed by atoms with Crippen molar-refractivity contribution in [3.63, 3.8) is 0 Å². The van der Waals surface area contributed by atoms with E-state index in [0.717, 1.165) is 5.56 Å². The van der Waals surface area contributed by atoms with E-state index in [1.54, 1.807) is 41.3 Å². The molecule has 5 nitrogen and oxygen atoms in total. The molecular formula is C20H15FN2O3S. The monoisotopic (exact) mass is 382 g/mol. The number of nitrogens with one attached hydrogen (secondary N) is 1. The quantitative estimate of drug-likeness (QED) is 0.724. The van der Waals surface area contributed by atoms with Crippen LogP contribution in [0.15, 0.2) is 71.3 Å². The van der Waals surface area contributed by atoms with Crippen molar-refractivity contribution in [2.75, 3.05) is 16.0 Å². The molecule has 4 rings (SSSR count). The summed E-state index contributed by atoms with van der Waals surface area (Å²) in [4.78, 5) is 26.1. The lowest BCUT2D eigenvalue weighted by Crippen LogP contribution is -2.27. The summed E-state index contributed by atoms with van der Waals surface area (Å²) < 4.78 is 18.7. The molecule has 0 saturated carbocycles. The first-order valence-electron chi connectivity index (χ1n) is 8.26. The van der Waals surface area contributed by atoms with Crippen LogP contribution >= 0.6 is 11.8 Å². The number of benzene rings is 2. The number of rotatable bonds is 4. The Kier molecular flexibility index (Phi) is 4.68. The van der Waals surface area contributed by atoms with Gasteiger partial charge in [-0.3, -0.25) is 14.5 Å². The normalized spacial score (nSPS) is 16.6. The van der Waals surface area contributed by atoms with Crippen LogP contribution in [-0.2, 0) is 4.79 Å². The van der Waals surface area contributed by atoms with Crippen molar-refractivity contribution in [1.82, 2.24) is 0 Å². The highest BCUT2D eigenvalue weighted by Crippen LogP contribution is 2.42. The molecule has 2 amide bonds. The van der Waals surface area contributed by atoms with Gasteiger partial charge >= 0.3 is 0 Å². The second-order valence-electron chi connectivity index (χ2n) is 5.96. The Morgan fingerprint density at radius 2 is 2.00 bits per heavy atom. The highest BCUT2D eigenvalue weighted by Gasteiger charge is 2.34. The number of nitrogens with zero attached hydrogens (tertiary/aromatic N) is 1. The van der Waals surface area contributed by atoms with Crippen molar-refractivity contribution < 1.29 is 18.4 Å². The predicted molar refractivity (Wildman–Crippen MR) is 102 cm³/mol. The van der Waals surface area contributed by atoms with Crippen LogP contribution in [0, 0.1) is 5.82 Å². The zero-order chi connectivity index (χ0) is 18.8. The molecule has 0 bridgehead atoms. The highest BCUT2D eigenvalue weighted by atomic mass is 32.2. The molecule has 136 valence electrons. The van der Waals surface area contributed by atoms with Crippen LogP contribution in [0.5, 0.6) is 0 Å². The molecule has 2 heterocycles. The highest BCUT2D eigenvalue weighted by molar-refractivity contribution is 8.00. The lowest BCUT2D eigenvalue weighted by atomic mass is 10.1. The van der Waals surface area contributed by atoms with E-state index in [2.05, 4.69) is 5.32 Å². The number of anilines is 2. The molecule has 1 saturated heterocycles. The fourth-order valence-electron chi connectivity index (χ4n) is 2.95. The fraction of sp³-hybridized carbons (Fsp3) is 0.100. The molecular weight excluding hydrogens is 367 g/mol. The predicted octanol–water partition coefficient (Wildman–Crippen LogP) is 4.45. The molecule has 1 fully saturated rings. The first-order chi connectivity index (χ1) is 13.1. The Labute approximate surface area is 159 Å². The minimum absolute atomic E-state index is 0.0828. The number of furan rings is 1. The van der Waals surface area contributed by atoms with Crippen LogP contribution in [0.3, 0.4) is 0 Å². The first-order valence-corrected chi connectivity index (χ1v) is 9.31. The molecule has 1 aliphatic heterocycles. The summed E-state index contributed by atoms with van der Waals surface area (Å²) in [6, 6.07) is 16.5. The van der Waals surface area contributed by atoms with Gasteiger partial charge in [0, 0.05) is 11.4 Å². The average Bonchev–Trinajstić information content (AvgIpc) is 3.32. The van der Waals surface area contributed by atoms with Crippen molar-refractivity contribution in [1.29, 1.82) is 0 Å². The van der Waals surface area contributed by atoms with Gasteiger partial charge in [0.05, 0.1) is 12.0 Å². The van der Waals surface area contributed by atoms with E-state index in [1.165, 1.54) is 30.2 Å². The summed E-state index contributed by atoms with van der Waals surface area (Å²) in [6.07, 6.45) is 1.43. The molecule has 1 unspecified atom stereocenters. The van der Waals surface area contributed by atoms with Gasteiger partial charge in [0.1, 0.15) is 11.2 Å². The topological polar surface area (TPSA) is 62.6 Å². The van der Waals surface area contributed by atoms with Crippen LogP contribution < -0.4 is 10.2 Å². The maximum atomic E-state index is 13.6. The van der Waals surface area contributed by atoms with Crippen molar-refractivity contribution in [2.24, 2.45) is 0 Å². The summed E-state index contributed by atoms with van der Waals surface area (Å²) in [5, 5.41) is 2.49. The average molecular weight is 382 g/mol. The zero-order valence-corrected chi connectivity index (χ0v) is 14.9. The number of carbonyl (C=O) groups excluding carboxylic acids is 2. The third kappa shape index (κ3) is 3.59. The number of thioether (sulfide) groups is 1. The lowest BCUT2D eigenvalue weighted by molar-refractivity contribution is -0.115. The Bertz CT molecular complexity index is 990. The summed E-state index contributed by atoms with van der Waals surface area (Å²) in [5.74, 6) is -0.304. The van der Waals surface area contributed by atoms with Crippen LogP contribution in [0.25, 0.3) is 0 Å². The molecule has 27 heavy (non-hydrogen) atoms. The van der Waals surface area contributed by atoms with E-state index in [4.69, 9.17) is 4.42 Å². The summed E-state index contributed by atoms with van der Waals surface area (Å²) >= 11 is 1.46. The smallest absolute Gasteiger partial charge is 0.291 e. The van der Waals surface area contributed by atoms with Gasteiger partial charge in [0.15, 0.2) is 5.76 Å². The molecule has 3 aromatic rings. The summed E-state index contributed by atoms with van der Waals surface area (Å²) in [7, 11) is 0. The largest absolute Gasteiger partial charge is 0.459 e. The zero-order valence-electron chi connectivity index (χ0n) is 14.1. The van der Waals surface area contributed by atoms with Gasteiger partial charge in [0.2, 0.25) is 5.91 Å². The Morgan fingerprint density at radius 1 is 1.15 bits per heavy atom. The van der Waals surface area contributed by atoms with Crippen molar-refractivity contribution in [3.05, 3.63) is 84.1 Å². The lowest BCUT2D eigenvalue weighted by Gasteiger charge is -2.24. The second-order valence-corrected chi connectivity index (χ2v) is 7.03. The van der Waals surface area contributed by atoms with E-state index in [0.29, 0.717) is 17.1 Å². The van der Waals surface area contributed by atoms with Gasteiger partial charge in [-0.05, 0) is 48.0 Å². The number of halogens is 1. The van der Waals surface area contributed by atoms with Crippen LogP contribution in [0.4, 0.5) is 15.8 Å². The molecule has 0 spiro atoms. The van der Waals surface area contributed by atoms with Crippen molar-refractivity contribution in [3.8, 4) is 0 Å². The number of carbonyl (C=O) groups is 2. The minimum Gasteiger partial charge on any atom is -0.459 e. The Balaban J connectivity index is 1.60. The summed E-state index contributed by atoms with van der Waals surface area (Å²) in [5.41, 5.74) is 1.94. The van der Waals surface area contributed by atoms with Gasteiger partial charge in [-0.1, -0.05) is 18.2 Å². The number of amides is 2. The van der Waals surface area contributed by atoms with Crippen molar-refractivity contribution >= 4 is 35.0 Å². The summed E-state index contributed by atoms with van der Waals surface area (Å²) in [6.45, 7) is 0. The standard InChI is InChI=1S/C20H15FN2O3S/c21-14-5-2-7-16(11-14)23-18(24)12-27-20(23)13-4-1-6-15(10-13)22-19(25)17-8-3-9-26-17/h1-11,20H,12H2,(H,22,25). The van der Waals surface area contributed by atoms with Crippen molar-refractivity contribution in [2.45, 2.75) is 5.37 Å².